The molecule has 0 aliphatic carbocycles. The molecule has 1 atom stereocenters. The molecule has 1 amide bonds. The predicted octanol–water partition coefficient (Wildman–Crippen LogP) is 6.46. The fourth-order valence-electron chi connectivity index (χ4n) is 4.30. The van der Waals surface area contributed by atoms with Gasteiger partial charge < -0.3 is 4.90 Å². The van der Waals surface area contributed by atoms with E-state index in [4.69, 9.17) is 16.6 Å². The minimum atomic E-state index is -0.482. The molecule has 3 aromatic carbocycles. The van der Waals surface area contributed by atoms with Crippen LogP contribution in [-0.4, -0.2) is 26.9 Å². The number of rotatable bonds is 7. The number of carbonyl (C=O) groups is 1. The van der Waals surface area contributed by atoms with Gasteiger partial charge in [0, 0.05) is 6.54 Å². The second kappa shape index (κ2) is 10.4. The third-order valence-electron chi connectivity index (χ3n) is 6.17. The molecule has 5 nitrogen and oxygen atoms in total. The maximum Gasteiger partial charge on any atom is 0.266 e. The van der Waals surface area contributed by atoms with Gasteiger partial charge in [-0.05, 0) is 61.2 Å². The number of fused-ring (bicyclic) bond motifs is 1. The molecule has 0 aliphatic heterocycles. The first-order chi connectivity index (χ1) is 16.8. The number of hydrogen-bond donors (Lipinski definition) is 0. The lowest BCUT2D eigenvalue weighted by Crippen LogP contribution is -2.39. The van der Waals surface area contributed by atoms with Crippen LogP contribution < -0.4 is 5.56 Å². The van der Waals surface area contributed by atoms with Crippen LogP contribution in [0.2, 0.25) is 5.02 Å². The van der Waals surface area contributed by atoms with Gasteiger partial charge in [-0.15, -0.1) is 0 Å². The van der Waals surface area contributed by atoms with Gasteiger partial charge in [-0.3, -0.25) is 14.2 Å². The first-order valence-corrected chi connectivity index (χ1v) is 12.4. The van der Waals surface area contributed by atoms with Crippen molar-refractivity contribution in [2.24, 2.45) is 5.92 Å². The summed E-state index contributed by atoms with van der Waals surface area (Å²) in [5, 5.41) is 0.938. The molecule has 180 valence electrons. The third kappa shape index (κ3) is 5.01. The quantitative estimate of drug-likeness (QED) is 0.300. The number of carbonyl (C=O) groups excluding carboxylic acids is 1. The molecule has 1 heterocycles. The van der Waals surface area contributed by atoms with Gasteiger partial charge in [-0.25, -0.2) is 4.98 Å². The minimum absolute atomic E-state index is 0.156. The van der Waals surface area contributed by atoms with E-state index in [0.717, 1.165) is 12.1 Å². The molecule has 35 heavy (non-hydrogen) atoms. The predicted molar refractivity (Wildman–Crippen MR) is 142 cm³/mol. The highest BCUT2D eigenvalue weighted by Crippen LogP contribution is 2.27. The molecule has 4 rings (SSSR count). The zero-order valence-corrected chi connectivity index (χ0v) is 21.3. The number of benzene rings is 3. The number of amides is 1. The highest BCUT2D eigenvalue weighted by Gasteiger charge is 2.29. The standard InChI is InChI=1S/C29H30ClN3O2/c1-5-21-14-16-22(17-15-21)33-27(31-26-13-9-7-11-24(26)29(33)35)20(4)32(18-19(2)3)28(34)23-10-6-8-12-25(23)30/h6-17,19-20H,5,18H2,1-4H3. The van der Waals surface area contributed by atoms with E-state index in [1.165, 1.54) is 5.56 Å². The molecule has 0 fully saturated rings. The summed E-state index contributed by atoms with van der Waals surface area (Å²) in [6.45, 7) is 8.62. The van der Waals surface area contributed by atoms with Gasteiger partial charge >= 0.3 is 0 Å². The summed E-state index contributed by atoms with van der Waals surface area (Å²) in [7, 11) is 0. The van der Waals surface area contributed by atoms with Crippen molar-refractivity contribution in [3.63, 3.8) is 0 Å². The summed E-state index contributed by atoms with van der Waals surface area (Å²) in [5.41, 5.74) is 2.79. The SMILES string of the molecule is CCc1ccc(-n2c(C(C)N(CC(C)C)C(=O)c3ccccc3Cl)nc3ccccc3c2=O)cc1. The van der Waals surface area contributed by atoms with Gasteiger partial charge in [0.2, 0.25) is 0 Å². The zero-order valence-electron chi connectivity index (χ0n) is 20.5. The highest BCUT2D eigenvalue weighted by atomic mass is 35.5. The molecule has 0 radical (unpaired) electrons. The van der Waals surface area contributed by atoms with Crippen molar-refractivity contribution < 1.29 is 4.79 Å². The summed E-state index contributed by atoms with van der Waals surface area (Å²) < 4.78 is 1.64. The minimum Gasteiger partial charge on any atom is -0.328 e. The average molecular weight is 488 g/mol. The van der Waals surface area contributed by atoms with Gasteiger partial charge in [-0.1, -0.05) is 68.8 Å². The van der Waals surface area contributed by atoms with Crippen LogP contribution in [0.3, 0.4) is 0 Å². The Bertz CT molecular complexity index is 1410. The molecular weight excluding hydrogens is 458 g/mol. The van der Waals surface area contributed by atoms with Crippen LogP contribution in [-0.2, 0) is 6.42 Å². The molecule has 0 N–H and O–H groups in total. The van der Waals surface area contributed by atoms with Crippen LogP contribution >= 0.6 is 11.6 Å². The molecule has 1 unspecified atom stereocenters. The van der Waals surface area contributed by atoms with E-state index < -0.39 is 6.04 Å². The Morgan fingerprint density at radius 3 is 2.29 bits per heavy atom. The number of halogens is 1. The lowest BCUT2D eigenvalue weighted by Gasteiger charge is -2.32. The van der Waals surface area contributed by atoms with Crippen LogP contribution in [0.25, 0.3) is 16.6 Å². The molecule has 0 spiro atoms. The van der Waals surface area contributed by atoms with Gasteiger partial charge in [0.05, 0.1) is 33.2 Å². The third-order valence-corrected chi connectivity index (χ3v) is 6.50. The van der Waals surface area contributed by atoms with E-state index in [1.54, 1.807) is 39.8 Å². The van der Waals surface area contributed by atoms with Gasteiger partial charge in [0.25, 0.3) is 11.5 Å². The van der Waals surface area contributed by atoms with E-state index in [-0.39, 0.29) is 17.4 Å². The van der Waals surface area contributed by atoms with Crippen LogP contribution in [0, 0.1) is 5.92 Å². The van der Waals surface area contributed by atoms with Crippen molar-refractivity contribution >= 4 is 28.4 Å². The van der Waals surface area contributed by atoms with E-state index in [0.29, 0.717) is 33.9 Å². The molecule has 0 saturated carbocycles. The maximum atomic E-state index is 13.7. The molecule has 0 bridgehead atoms. The fourth-order valence-corrected chi connectivity index (χ4v) is 4.52. The lowest BCUT2D eigenvalue weighted by molar-refractivity contribution is 0.0655. The summed E-state index contributed by atoms with van der Waals surface area (Å²) in [6, 6.07) is 21.8. The van der Waals surface area contributed by atoms with Gasteiger partial charge in [0.1, 0.15) is 5.82 Å². The maximum absolute atomic E-state index is 13.7. The first kappa shape index (κ1) is 24.7. The largest absolute Gasteiger partial charge is 0.328 e. The second-order valence-electron chi connectivity index (χ2n) is 9.15. The lowest BCUT2D eigenvalue weighted by atomic mass is 10.1. The molecule has 4 aromatic rings. The molecule has 0 aliphatic rings. The Morgan fingerprint density at radius 2 is 1.63 bits per heavy atom. The Morgan fingerprint density at radius 1 is 0.971 bits per heavy atom. The van der Waals surface area contributed by atoms with Gasteiger partial charge in [0.15, 0.2) is 0 Å². The second-order valence-corrected chi connectivity index (χ2v) is 9.56. The van der Waals surface area contributed by atoms with Gasteiger partial charge in [-0.2, -0.15) is 0 Å². The summed E-state index contributed by atoms with van der Waals surface area (Å²) in [6.07, 6.45) is 0.906. The van der Waals surface area contributed by atoms with E-state index in [2.05, 4.69) is 20.8 Å². The first-order valence-electron chi connectivity index (χ1n) is 12.0. The van der Waals surface area contributed by atoms with Crippen molar-refractivity contribution in [2.45, 2.75) is 40.2 Å². The van der Waals surface area contributed by atoms with Crippen LogP contribution in [0.4, 0.5) is 0 Å². The molecular formula is C29H30ClN3O2. The Hall–Kier alpha value is -3.44. The van der Waals surface area contributed by atoms with E-state index in [9.17, 15) is 9.59 Å². The van der Waals surface area contributed by atoms with Crippen LogP contribution in [0.5, 0.6) is 0 Å². The van der Waals surface area contributed by atoms with Crippen LogP contribution in [0.1, 0.15) is 55.5 Å². The number of para-hydroxylation sites is 1. The van der Waals surface area contributed by atoms with Crippen molar-refractivity contribution in [2.75, 3.05) is 6.54 Å². The Kier molecular flexibility index (Phi) is 7.37. The topological polar surface area (TPSA) is 55.2 Å². The highest BCUT2D eigenvalue weighted by molar-refractivity contribution is 6.33. The zero-order chi connectivity index (χ0) is 25.1. The number of aryl methyl sites for hydroxylation is 1. The smallest absolute Gasteiger partial charge is 0.266 e. The number of aromatic nitrogens is 2. The number of nitrogens with zero attached hydrogens (tertiary/aromatic N) is 3. The molecule has 1 aromatic heterocycles. The van der Waals surface area contributed by atoms with E-state index in [1.807, 2.05) is 49.4 Å². The van der Waals surface area contributed by atoms with Crippen molar-refractivity contribution in [1.82, 2.24) is 14.5 Å². The average Bonchev–Trinajstić information content (AvgIpc) is 2.87. The summed E-state index contributed by atoms with van der Waals surface area (Å²) in [5.74, 6) is 0.527. The summed E-state index contributed by atoms with van der Waals surface area (Å²) in [4.78, 5) is 34.1. The van der Waals surface area contributed by atoms with Crippen molar-refractivity contribution in [1.29, 1.82) is 0 Å². The van der Waals surface area contributed by atoms with Crippen molar-refractivity contribution in [3.05, 3.63) is 105 Å². The summed E-state index contributed by atoms with van der Waals surface area (Å²) >= 11 is 6.39. The van der Waals surface area contributed by atoms with Crippen LogP contribution in [0.15, 0.2) is 77.6 Å². The van der Waals surface area contributed by atoms with E-state index >= 15 is 0 Å². The Labute approximate surface area is 211 Å². The number of hydrogen-bond acceptors (Lipinski definition) is 3. The molecule has 6 heteroatoms. The monoisotopic (exact) mass is 487 g/mol. The Balaban J connectivity index is 1.92. The van der Waals surface area contributed by atoms with Crippen molar-refractivity contribution in [3.8, 4) is 5.69 Å². The normalized spacial score (nSPS) is 12.2. The fraction of sp³-hybridized carbons (Fsp3) is 0.276. The molecule has 0 saturated heterocycles.